The third-order valence-electron chi connectivity index (χ3n) is 3.90. The van der Waals surface area contributed by atoms with Crippen molar-refractivity contribution in [3.8, 4) is 0 Å². The first kappa shape index (κ1) is 22.6. The summed E-state index contributed by atoms with van der Waals surface area (Å²) in [5.41, 5.74) is 0.988. The van der Waals surface area contributed by atoms with Crippen LogP contribution in [0, 0.1) is 0 Å². The van der Waals surface area contributed by atoms with Crippen molar-refractivity contribution in [2.45, 2.75) is 17.9 Å². The maximum atomic E-state index is 12.1. The Morgan fingerprint density at radius 2 is 1.76 bits per heavy atom. The maximum absolute atomic E-state index is 12.1. The zero-order chi connectivity index (χ0) is 21.4. The molecule has 0 aliphatic carbocycles. The van der Waals surface area contributed by atoms with Crippen molar-refractivity contribution in [1.29, 1.82) is 0 Å². The highest BCUT2D eigenvalue weighted by atomic mass is 35.5. The molecule has 0 saturated heterocycles. The predicted molar refractivity (Wildman–Crippen MR) is 110 cm³/mol. The molecule has 2 aromatic rings. The first-order valence-corrected chi connectivity index (χ1v) is 10.5. The fraction of sp³-hybridized carbons (Fsp3) is 0.200. The Kier molecular flexibility index (Phi) is 7.95. The molecule has 0 radical (unpaired) electrons. The molecular weight excluding hydrogens is 416 g/mol. The van der Waals surface area contributed by atoms with Gasteiger partial charge in [-0.2, -0.15) is 0 Å². The lowest BCUT2D eigenvalue weighted by Gasteiger charge is -2.14. The fourth-order valence-electron chi connectivity index (χ4n) is 2.35. The first-order chi connectivity index (χ1) is 13.7. The number of sulfonamides is 1. The van der Waals surface area contributed by atoms with Crippen LogP contribution < -0.4 is 10.0 Å². The van der Waals surface area contributed by atoms with E-state index in [1.807, 2.05) is 0 Å². The van der Waals surface area contributed by atoms with Crippen molar-refractivity contribution >= 4 is 33.5 Å². The Morgan fingerprint density at radius 3 is 2.34 bits per heavy atom. The number of benzene rings is 2. The van der Waals surface area contributed by atoms with Gasteiger partial charge in [0, 0.05) is 11.6 Å². The lowest BCUT2D eigenvalue weighted by atomic mass is 10.1. The minimum absolute atomic E-state index is 0.00503. The largest absolute Gasteiger partial charge is 0.452 e. The van der Waals surface area contributed by atoms with Crippen LogP contribution in [0.3, 0.4) is 0 Å². The van der Waals surface area contributed by atoms with Gasteiger partial charge in [0.15, 0.2) is 6.61 Å². The molecule has 1 unspecified atom stereocenters. The molecule has 0 aliphatic rings. The van der Waals surface area contributed by atoms with E-state index in [2.05, 4.69) is 16.6 Å². The van der Waals surface area contributed by atoms with Crippen molar-refractivity contribution in [1.82, 2.24) is 10.0 Å². The van der Waals surface area contributed by atoms with Gasteiger partial charge >= 0.3 is 5.97 Å². The lowest BCUT2D eigenvalue weighted by Crippen LogP contribution is -2.31. The Balaban J connectivity index is 1.89. The van der Waals surface area contributed by atoms with Crippen LogP contribution in [-0.2, 0) is 19.6 Å². The van der Waals surface area contributed by atoms with E-state index in [9.17, 15) is 18.0 Å². The van der Waals surface area contributed by atoms with Gasteiger partial charge in [0.05, 0.1) is 16.5 Å². The smallest absolute Gasteiger partial charge is 0.338 e. The molecule has 7 nitrogen and oxygen atoms in total. The Morgan fingerprint density at radius 1 is 1.14 bits per heavy atom. The highest BCUT2D eigenvalue weighted by Crippen LogP contribution is 2.16. The molecule has 0 spiro atoms. The molecule has 1 atom stereocenters. The number of amides is 1. The van der Waals surface area contributed by atoms with Crippen LogP contribution in [-0.4, -0.2) is 33.4 Å². The van der Waals surface area contributed by atoms with E-state index >= 15 is 0 Å². The van der Waals surface area contributed by atoms with Crippen LogP contribution in [0.25, 0.3) is 0 Å². The standard InChI is InChI=1S/C20H21ClN2O5S/c1-3-12-22-29(26,27)18-10-6-16(7-11-18)20(25)28-13-19(24)23-14(2)15-4-8-17(21)9-5-15/h3-11,14,22H,1,12-13H2,2H3,(H,23,24). The summed E-state index contributed by atoms with van der Waals surface area (Å²) in [7, 11) is -3.68. The van der Waals surface area contributed by atoms with E-state index in [0.29, 0.717) is 5.02 Å². The van der Waals surface area contributed by atoms with Gasteiger partial charge in [0.2, 0.25) is 10.0 Å². The van der Waals surface area contributed by atoms with Gasteiger partial charge in [-0.3, -0.25) is 4.79 Å². The summed E-state index contributed by atoms with van der Waals surface area (Å²) in [5, 5.41) is 3.31. The summed E-state index contributed by atoms with van der Waals surface area (Å²) in [5.74, 6) is -1.20. The zero-order valence-corrected chi connectivity index (χ0v) is 17.3. The molecule has 154 valence electrons. The molecule has 0 saturated carbocycles. The summed E-state index contributed by atoms with van der Waals surface area (Å²) in [6.07, 6.45) is 1.42. The fourth-order valence-corrected chi connectivity index (χ4v) is 3.48. The molecule has 0 bridgehead atoms. The second-order valence-corrected chi connectivity index (χ2v) is 8.29. The van der Waals surface area contributed by atoms with Crippen molar-refractivity contribution < 1.29 is 22.7 Å². The number of esters is 1. The topological polar surface area (TPSA) is 102 Å². The molecule has 2 aromatic carbocycles. The van der Waals surface area contributed by atoms with Crippen LogP contribution in [0.1, 0.15) is 28.9 Å². The van der Waals surface area contributed by atoms with Gasteiger partial charge in [0.1, 0.15) is 0 Å². The quantitative estimate of drug-likeness (QED) is 0.465. The first-order valence-electron chi connectivity index (χ1n) is 8.65. The normalized spacial score (nSPS) is 12.1. The molecule has 0 aromatic heterocycles. The predicted octanol–water partition coefficient (Wildman–Crippen LogP) is 2.84. The summed E-state index contributed by atoms with van der Waals surface area (Å²) < 4.78 is 31.3. The van der Waals surface area contributed by atoms with E-state index in [0.717, 1.165) is 5.56 Å². The molecule has 0 heterocycles. The van der Waals surface area contributed by atoms with Crippen molar-refractivity contribution in [2.24, 2.45) is 0 Å². The third kappa shape index (κ3) is 6.70. The minimum Gasteiger partial charge on any atom is -0.452 e. The average molecular weight is 437 g/mol. The van der Waals surface area contributed by atoms with Crippen molar-refractivity contribution in [3.05, 3.63) is 77.3 Å². The molecule has 0 fully saturated rings. The molecular formula is C20H21ClN2O5S. The van der Waals surface area contributed by atoms with Crippen LogP contribution >= 0.6 is 11.6 Å². The monoisotopic (exact) mass is 436 g/mol. The van der Waals surface area contributed by atoms with E-state index in [1.165, 1.54) is 30.3 Å². The van der Waals surface area contributed by atoms with E-state index in [1.54, 1.807) is 31.2 Å². The van der Waals surface area contributed by atoms with Gasteiger partial charge in [0.25, 0.3) is 5.91 Å². The number of halogens is 1. The number of hydrogen-bond acceptors (Lipinski definition) is 5. The molecule has 2 N–H and O–H groups in total. The zero-order valence-electron chi connectivity index (χ0n) is 15.7. The van der Waals surface area contributed by atoms with E-state index in [4.69, 9.17) is 16.3 Å². The Bertz CT molecular complexity index is 973. The second kappa shape index (κ2) is 10.2. The maximum Gasteiger partial charge on any atom is 0.338 e. The van der Waals surface area contributed by atoms with Gasteiger partial charge < -0.3 is 10.1 Å². The summed E-state index contributed by atoms with van der Waals surface area (Å²) in [6, 6.07) is 11.9. The van der Waals surface area contributed by atoms with Gasteiger partial charge in [-0.15, -0.1) is 6.58 Å². The average Bonchev–Trinajstić information content (AvgIpc) is 2.71. The van der Waals surface area contributed by atoms with E-state index in [-0.39, 0.29) is 23.0 Å². The second-order valence-electron chi connectivity index (χ2n) is 6.08. The van der Waals surface area contributed by atoms with Crippen LogP contribution in [0.5, 0.6) is 0 Å². The van der Waals surface area contributed by atoms with Crippen LogP contribution in [0.4, 0.5) is 0 Å². The number of carbonyl (C=O) groups excluding carboxylic acids is 2. The molecule has 29 heavy (non-hydrogen) atoms. The van der Waals surface area contributed by atoms with Crippen molar-refractivity contribution in [2.75, 3.05) is 13.2 Å². The number of rotatable bonds is 9. The van der Waals surface area contributed by atoms with Gasteiger partial charge in [-0.25, -0.2) is 17.9 Å². The molecule has 2 rings (SSSR count). The number of carbonyl (C=O) groups is 2. The minimum atomic E-state index is -3.68. The summed E-state index contributed by atoms with van der Waals surface area (Å²) in [6.45, 7) is 4.87. The summed E-state index contributed by atoms with van der Waals surface area (Å²) >= 11 is 5.84. The highest BCUT2D eigenvalue weighted by Gasteiger charge is 2.16. The van der Waals surface area contributed by atoms with Crippen molar-refractivity contribution in [3.63, 3.8) is 0 Å². The van der Waals surface area contributed by atoms with Gasteiger partial charge in [-0.05, 0) is 48.9 Å². The van der Waals surface area contributed by atoms with E-state index < -0.39 is 28.5 Å². The Labute approximate surface area is 174 Å². The third-order valence-corrected chi connectivity index (χ3v) is 5.59. The lowest BCUT2D eigenvalue weighted by molar-refractivity contribution is -0.124. The molecule has 0 aliphatic heterocycles. The number of nitrogens with one attached hydrogen (secondary N) is 2. The Hall–Kier alpha value is -2.68. The number of ether oxygens (including phenoxy) is 1. The molecule has 9 heteroatoms. The van der Waals surface area contributed by atoms with Gasteiger partial charge in [-0.1, -0.05) is 29.8 Å². The highest BCUT2D eigenvalue weighted by molar-refractivity contribution is 7.89. The number of hydrogen-bond donors (Lipinski definition) is 2. The molecule has 1 amide bonds. The SMILES string of the molecule is C=CCNS(=O)(=O)c1ccc(C(=O)OCC(=O)NC(C)c2ccc(Cl)cc2)cc1. The van der Waals surface area contributed by atoms with Crippen LogP contribution in [0.2, 0.25) is 5.02 Å². The van der Waals surface area contributed by atoms with Crippen LogP contribution in [0.15, 0.2) is 66.1 Å². The summed E-state index contributed by atoms with van der Waals surface area (Å²) in [4.78, 5) is 24.1.